The Bertz CT molecular complexity index is 378. The van der Waals surface area contributed by atoms with Crippen LogP contribution < -0.4 is 4.74 Å². The molecule has 0 aliphatic carbocycles. The van der Waals surface area contributed by atoms with Crippen molar-refractivity contribution in [3.63, 3.8) is 0 Å². The molecule has 0 spiro atoms. The van der Waals surface area contributed by atoms with E-state index in [0.717, 1.165) is 0 Å². The lowest BCUT2D eigenvalue weighted by molar-refractivity contribution is 0.0646. The van der Waals surface area contributed by atoms with Gasteiger partial charge in [-0.05, 0) is 19.1 Å². The molecule has 0 heterocycles. The van der Waals surface area contributed by atoms with Crippen molar-refractivity contribution in [2.45, 2.75) is 13.0 Å². The minimum Gasteiger partial charge on any atom is -0.488 e. The number of hydrogen-bond donors (Lipinski definition) is 1. The minimum atomic E-state index is -1.07. The quantitative estimate of drug-likeness (QED) is 0.864. The van der Waals surface area contributed by atoms with Crippen LogP contribution in [0.25, 0.3) is 0 Å². The topological polar surface area (TPSA) is 55.8 Å². The smallest absolute Gasteiger partial charge is 0.339 e. The SMILES string of the molecule is COC(C)COc1c(Cl)cccc1C(=O)O. The number of carbonyl (C=O) groups is 1. The van der Waals surface area contributed by atoms with Crippen molar-refractivity contribution in [1.29, 1.82) is 0 Å². The zero-order valence-corrected chi connectivity index (χ0v) is 9.82. The highest BCUT2D eigenvalue weighted by atomic mass is 35.5. The molecule has 16 heavy (non-hydrogen) atoms. The van der Waals surface area contributed by atoms with Gasteiger partial charge in [0.25, 0.3) is 0 Å². The lowest BCUT2D eigenvalue weighted by Gasteiger charge is -2.14. The molecule has 0 saturated carbocycles. The molecule has 0 amide bonds. The zero-order valence-electron chi connectivity index (χ0n) is 9.07. The lowest BCUT2D eigenvalue weighted by atomic mass is 10.2. The third kappa shape index (κ3) is 3.12. The molecule has 0 aliphatic heterocycles. The van der Waals surface area contributed by atoms with Gasteiger partial charge >= 0.3 is 5.97 Å². The van der Waals surface area contributed by atoms with Gasteiger partial charge in [-0.2, -0.15) is 0 Å². The molecule has 0 bridgehead atoms. The summed E-state index contributed by atoms with van der Waals surface area (Å²) in [5.41, 5.74) is 0.0517. The van der Waals surface area contributed by atoms with E-state index in [4.69, 9.17) is 26.2 Å². The van der Waals surface area contributed by atoms with E-state index in [9.17, 15) is 4.79 Å². The van der Waals surface area contributed by atoms with E-state index in [0.29, 0.717) is 0 Å². The molecule has 1 rings (SSSR count). The maximum atomic E-state index is 10.9. The maximum Gasteiger partial charge on any atom is 0.339 e. The number of carboxylic acids is 1. The second kappa shape index (κ2) is 5.72. The number of carboxylic acid groups (broad SMARTS) is 1. The van der Waals surface area contributed by atoms with Crippen molar-refractivity contribution in [1.82, 2.24) is 0 Å². The average molecular weight is 245 g/mol. The first-order chi connectivity index (χ1) is 7.56. The fraction of sp³-hybridized carbons (Fsp3) is 0.364. The molecule has 1 aromatic rings. The molecule has 5 heteroatoms. The Morgan fingerprint density at radius 2 is 2.25 bits per heavy atom. The van der Waals surface area contributed by atoms with E-state index in [-0.39, 0.29) is 29.0 Å². The number of halogens is 1. The fourth-order valence-corrected chi connectivity index (χ4v) is 1.32. The van der Waals surface area contributed by atoms with Gasteiger partial charge in [-0.1, -0.05) is 17.7 Å². The first-order valence-corrected chi connectivity index (χ1v) is 5.11. The van der Waals surface area contributed by atoms with Crippen LogP contribution in [0.4, 0.5) is 0 Å². The van der Waals surface area contributed by atoms with Gasteiger partial charge in [0.2, 0.25) is 0 Å². The molecule has 0 aromatic heterocycles. The van der Waals surface area contributed by atoms with Gasteiger partial charge in [-0.15, -0.1) is 0 Å². The number of ether oxygens (including phenoxy) is 2. The van der Waals surface area contributed by atoms with Crippen molar-refractivity contribution >= 4 is 17.6 Å². The number of aromatic carboxylic acids is 1. The van der Waals surface area contributed by atoms with Crippen molar-refractivity contribution < 1.29 is 19.4 Å². The number of para-hydroxylation sites is 1. The Morgan fingerprint density at radius 1 is 1.56 bits per heavy atom. The summed E-state index contributed by atoms with van der Waals surface area (Å²) in [5.74, 6) is -0.886. The molecule has 0 aliphatic rings. The van der Waals surface area contributed by atoms with Gasteiger partial charge in [-0.25, -0.2) is 4.79 Å². The van der Waals surface area contributed by atoms with Gasteiger partial charge in [-0.3, -0.25) is 0 Å². The normalized spacial score (nSPS) is 12.2. The maximum absolute atomic E-state index is 10.9. The lowest BCUT2D eigenvalue weighted by Crippen LogP contribution is -2.17. The Morgan fingerprint density at radius 3 is 2.81 bits per heavy atom. The van der Waals surface area contributed by atoms with Crippen LogP contribution in [0.15, 0.2) is 18.2 Å². The predicted octanol–water partition coefficient (Wildman–Crippen LogP) is 2.45. The first-order valence-electron chi connectivity index (χ1n) is 4.73. The Kier molecular flexibility index (Phi) is 4.58. The second-order valence-electron chi connectivity index (χ2n) is 3.28. The summed E-state index contributed by atoms with van der Waals surface area (Å²) in [7, 11) is 1.55. The molecule has 1 aromatic carbocycles. The number of hydrogen-bond acceptors (Lipinski definition) is 3. The summed E-state index contributed by atoms with van der Waals surface area (Å²) in [6, 6.07) is 4.60. The highest BCUT2D eigenvalue weighted by Crippen LogP contribution is 2.28. The number of rotatable bonds is 5. The molecule has 0 saturated heterocycles. The van der Waals surface area contributed by atoms with Gasteiger partial charge < -0.3 is 14.6 Å². The van der Waals surface area contributed by atoms with Crippen LogP contribution in [0.1, 0.15) is 17.3 Å². The van der Waals surface area contributed by atoms with Crippen LogP contribution in [0, 0.1) is 0 Å². The van der Waals surface area contributed by atoms with E-state index in [1.54, 1.807) is 19.2 Å². The highest BCUT2D eigenvalue weighted by Gasteiger charge is 2.15. The molecule has 1 N–H and O–H groups in total. The van der Waals surface area contributed by atoms with E-state index < -0.39 is 5.97 Å². The molecular weight excluding hydrogens is 232 g/mol. The van der Waals surface area contributed by atoms with Crippen molar-refractivity contribution in [3.8, 4) is 5.75 Å². The van der Waals surface area contributed by atoms with Crippen molar-refractivity contribution in [2.75, 3.05) is 13.7 Å². The Balaban J connectivity index is 2.88. The third-order valence-corrected chi connectivity index (χ3v) is 2.36. The molecule has 88 valence electrons. The molecule has 0 radical (unpaired) electrons. The number of methoxy groups -OCH3 is 1. The van der Waals surface area contributed by atoms with Crippen LogP contribution in [-0.2, 0) is 4.74 Å². The molecule has 4 nitrogen and oxygen atoms in total. The summed E-state index contributed by atoms with van der Waals surface area (Å²) in [6.45, 7) is 2.07. The van der Waals surface area contributed by atoms with Crippen LogP contribution in [0.3, 0.4) is 0 Å². The van der Waals surface area contributed by atoms with Crippen LogP contribution >= 0.6 is 11.6 Å². The Hall–Kier alpha value is -1.26. The standard InChI is InChI=1S/C11H13ClO4/c1-7(15-2)6-16-10-8(11(13)14)4-3-5-9(10)12/h3-5,7H,6H2,1-2H3,(H,13,14). The molecule has 1 unspecified atom stereocenters. The monoisotopic (exact) mass is 244 g/mol. The van der Waals surface area contributed by atoms with Crippen molar-refractivity contribution in [2.24, 2.45) is 0 Å². The van der Waals surface area contributed by atoms with Gasteiger partial charge in [0.15, 0.2) is 5.75 Å². The van der Waals surface area contributed by atoms with E-state index >= 15 is 0 Å². The summed E-state index contributed by atoms with van der Waals surface area (Å²) >= 11 is 5.87. The van der Waals surface area contributed by atoms with Gasteiger partial charge in [0, 0.05) is 7.11 Å². The minimum absolute atomic E-state index is 0.0517. The summed E-state index contributed by atoms with van der Waals surface area (Å²) < 4.78 is 10.3. The summed E-state index contributed by atoms with van der Waals surface area (Å²) in [6.07, 6.45) is -0.127. The third-order valence-electron chi connectivity index (χ3n) is 2.06. The largest absolute Gasteiger partial charge is 0.488 e. The zero-order chi connectivity index (χ0) is 12.1. The summed E-state index contributed by atoms with van der Waals surface area (Å²) in [5, 5.41) is 9.22. The predicted molar refractivity (Wildman–Crippen MR) is 60.4 cm³/mol. The second-order valence-corrected chi connectivity index (χ2v) is 3.69. The molecule has 0 fully saturated rings. The van der Waals surface area contributed by atoms with Crippen LogP contribution in [0.5, 0.6) is 5.75 Å². The van der Waals surface area contributed by atoms with Crippen molar-refractivity contribution in [3.05, 3.63) is 28.8 Å². The molecule has 1 atom stereocenters. The van der Waals surface area contributed by atoms with Gasteiger partial charge in [0.1, 0.15) is 12.2 Å². The van der Waals surface area contributed by atoms with E-state index in [2.05, 4.69) is 0 Å². The highest BCUT2D eigenvalue weighted by molar-refractivity contribution is 6.32. The van der Waals surface area contributed by atoms with E-state index in [1.807, 2.05) is 6.92 Å². The summed E-state index contributed by atoms with van der Waals surface area (Å²) in [4.78, 5) is 10.9. The van der Waals surface area contributed by atoms with Crippen LogP contribution in [-0.4, -0.2) is 30.9 Å². The first kappa shape index (κ1) is 12.8. The van der Waals surface area contributed by atoms with E-state index in [1.165, 1.54) is 6.07 Å². The number of benzene rings is 1. The van der Waals surface area contributed by atoms with Gasteiger partial charge in [0.05, 0.1) is 11.1 Å². The Labute approximate surface area is 98.7 Å². The van der Waals surface area contributed by atoms with Crippen LogP contribution in [0.2, 0.25) is 5.02 Å². The molecular formula is C11H13ClO4. The average Bonchev–Trinajstić information content (AvgIpc) is 2.26. The fourth-order valence-electron chi connectivity index (χ4n) is 1.09.